The monoisotopic (exact) mass is 440 g/mol. The van der Waals surface area contributed by atoms with Gasteiger partial charge in [0.2, 0.25) is 0 Å². The number of rotatable bonds is 6. The highest BCUT2D eigenvalue weighted by Crippen LogP contribution is 2.42. The molecule has 0 saturated carbocycles. The van der Waals surface area contributed by atoms with Crippen LogP contribution < -0.4 is 10.4 Å². The Morgan fingerprint density at radius 3 is 2.06 bits per heavy atom. The third-order valence-electron chi connectivity index (χ3n) is 7.33. The van der Waals surface area contributed by atoms with Gasteiger partial charge < -0.3 is 19.0 Å². The molecule has 0 bridgehead atoms. The van der Waals surface area contributed by atoms with E-state index in [1.807, 2.05) is 6.92 Å². The molecule has 2 aromatic rings. The summed E-state index contributed by atoms with van der Waals surface area (Å²) in [5, 5.41) is 13.1. The number of benzene rings is 2. The van der Waals surface area contributed by atoms with Crippen molar-refractivity contribution in [1.29, 1.82) is 0 Å². The Morgan fingerprint density at radius 1 is 1.00 bits per heavy atom. The largest absolute Gasteiger partial charge is 0.407 e. The van der Waals surface area contributed by atoms with Gasteiger partial charge in [-0.1, -0.05) is 81.4 Å². The quantitative estimate of drug-likeness (QED) is 0.700. The topological polar surface area (TPSA) is 47.9 Å². The van der Waals surface area contributed by atoms with Crippen LogP contribution in [0.1, 0.15) is 34.1 Å². The van der Waals surface area contributed by atoms with E-state index in [1.54, 1.807) is 0 Å². The highest BCUT2D eigenvalue weighted by atomic mass is 28.4. The smallest absolute Gasteiger partial charge is 0.261 e. The lowest BCUT2D eigenvalue weighted by Gasteiger charge is -2.44. The first-order valence-corrected chi connectivity index (χ1v) is 13.3. The first-order chi connectivity index (χ1) is 14.8. The molecule has 2 heterocycles. The van der Waals surface area contributed by atoms with Gasteiger partial charge in [0.1, 0.15) is 0 Å². The third-order valence-corrected chi connectivity index (χ3v) is 12.3. The van der Waals surface area contributed by atoms with Crippen molar-refractivity contribution in [1.82, 2.24) is 0 Å². The molecule has 5 heteroatoms. The fourth-order valence-corrected chi connectivity index (χ4v) is 10.1. The summed E-state index contributed by atoms with van der Waals surface area (Å²) in [5.41, 5.74) is -0.560. The van der Waals surface area contributed by atoms with E-state index in [-0.39, 0.29) is 16.9 Å². The maximum Gasteiger partial charge on any atom is 0.261 e. The van der Waals surface area contributed by atoms with Crippen LogP contribution >= 0.6 is 0 Å². The molecule has 1 N–H and O–H groups in total. The highest BCUT2D eigenvalue weighted by molar-refractivity contribution is 6.99. The molecule has 2 fully saturated rings. The molecule has 0 amide bonds. The zero-order valence-electron chi connectivity index (χ0n) is 19.2. The molecule has 0 radical (unpaired) electrons. The molecule has 2 saturated heterocycles. The maximum atomic E-state index is 10.6. The molecular formula is C26H36O4Si. The van der Waals surface area contributed by atoms with Crippen LogP contribution in [0.25, 0.3) is 0 Å². The molecule has 2 aliphatic rings. The van der Waals surface area contributed by atoms with E-state index in [4.69, 9.17) is 13.9 Å². The van der Waals surface area contributed by atoms with Crippen LogP contribution in [0, 0.1) is 11.8 Å². The second kappa shape index (κ2) is 8.79. The van der Waals surface area contributed by atoms with Crippen molar-refractivity contribution >= 4 is 18.7 Å². The second-order valence-corrected chi connectivity index (χ2v) is 14.5. The molecule has 1 unspecified atom stereocenters. The summed E-state index contributed by atoms with van der Waals surface area (Å²) in [6.45, 7) is 11.4. The molecule has 2 aromatic carbocycles. The molecule has 31 heavy (non-hydrogen) atoms. The number of hydrogen-bond donors (Lipinski definition) is 1. The normalized spacial score (nSPS) is 29.4. The van der Waals surface area contributed by atoms with E-state index in [9.17, 15) is 5.11 Å². The fourth-order valence-electron chi connectivity index (χ4n) is 5.52. The van der Waals surface area contributed by atoms with Crippen LogP contribution in [0.15, 0.2) is 60.7 Å². The minimum Gasteiger partial charge on any atom is -0.407 e. The number of aliphatic hydroxyl groups excluding tert-OH is 1. The van der Waals surface area contributed by atoms with Crippen molar-refractivity contribution in [3.8, 4) is 0 Å². The van der Waals surface area contributed by atoms with Crippen molar-refractivity contribution in [2.75, 3.05) is 26.4 Å². The summed E-state index contributed by atoms with van der Waals surface area (Å²) < 4.78 is 19.1. The van der Waals surface area contributed by atoms with E-state index in [2.05, 4.69) is 81.4 Å². The van der Waals surface area contributed by atoms with Gasteiger partial charge in [-0.05, 0) is 28.8 Å². The fraction of sp³-hybridized carbons (Fsp3) is 0.538. The summed E-state index contributed by atoms with van der Waals surface area (Å²) in [6, 6.07) is 21.5. The number of hydrogen-bond acceptors (Lipinski definition) is 4. The zero-order chi connectivity index (χ0) is 22.1. The molecule has 168 valence electrons. The predicted molar refractivity (Wildman–Crippen MR) is 126 cm³/mol. The molecule has 4 nitrogen and oxygen atoms in total. The Hall–Kier alpha value is -1.50. The van der Waals surface area contributed by atoms with Crippen molar-refractivity contribution in [2.24, 2.45) is 11.8 Å². The standard InChI is InChI=1S/C26H36O4Si/c1-25(2,3)31(21-11-7-5-8-12-21,22-13-9-6-10-14-22)30-18-20-17-28-19-23(20)26(4)24(27)15-16-29-26/h5-14,20,23-24,27H,15-19H2,1-4H3/t20?,23-,24-,26+/m1/s1. The maximum absolute atomic E-state index is 10.6. The first kappa shape index (κ1) is 22.7. The van der Waals surface area contributed by atoms with Crippen LogP contribution in [-0.2, 0) is 13.9 Å². The summed E-state index contributed by atoms with van der Waals surface area (Å²) in [5.74, 6) is 0.322. The van der Waals surface area contributed by atoms with Gasteiger partial charge in [0.25, 0.3) is 8.32 Å². The van der Waals surface area contributed by atoms with Gasteiger partial charge in [-0.15, -0.1) is 0 Å². The third kappa shape index (κ3) is 4.03. The molecule has 0 spiro atoms. The van der Waals surface area contributed by atoms with Gasteiger partial charge in [-0.2, -0.15) is 0 Å². The average Bonchev–Trinajstić information content (AvgIpc) is 3.36. The lowest BCUT2D eigenvalue weighted by molar-refractivity contribution is -0.0976. The first-order valence-electron chi connectivity index (χ1n) is 11.4. The Labute approximate surface area is 187 Å². The van der Waals surface area contributed by atoms with Gasteiger partial charge in [0, 0.05) is 18.4 Å². The van der Waals surface area contributed by atoms with Gasteiger partial charge in [-0.25, -0.2) is 0 Å². The number of aliphatic hydroxyl groups is 1. The van der Waals surface area contributed by atoms with E-state index >= 15 is 0 Å². The van der Waals surface area contributed by atoms with Crippen LogP contribution in [0.3, 0.4) is 0 Å². The molecular weight excluding hydrogens is 404 g/mol. The van der Waals surface area contributed by atoms with Crippen molar-refractivity contribution < 1.29 is 19.0 Å². The van der Waals surface area contributed by atoms with Gasteiger partial charge in [0.15, 0.2) is 0 Å². The molecule has 0 aromatic heterocycles. The van der Waals surface area contributed by atoms with Gasteiger partial charge >= 0.3 is 0 Å². The Balaban J connectivity index is 1.69. The van der Waals surface area contributed by atoms with Crippen molar-refractivity contribution in [2.45, 2.75) is 50.9 Å². The van der Waals surface area contributed by atoms with E-state index in [0.717, 1.165) is 0 Å². The van der Waals surface area contributed by atoms with Gasteiger partial charge in [-0.3, -0.25) is 0 Å². The summed E-state index contributed by atoms with van der Waals surface area (Å²) >= 11 is 0. The van der Waals surface area contributed by atoms with E-state index in [1.165, 1.54) is 10.4 Å². The Bertz CT molecular complexity index is 811. The molecule has 4 atom stereocenters. The van der Waals surface area contributed by atoms with Crippen LogP contribution in [0.2, 0.25) is 5.04 Å². The van der Waals surface area contributed by atoms with Crippen molar-refractivity contribution in [3.05, 3.63) is 60.7 Å². The van der Waals surface area contributed by atoms with E-state index in [0.29, 0.717) is 32.8 Å². The van der Waals surface area contributed by atoms with Crippen LogP contribution in [0.5, 0.6) is 0 Å². The van der Waals surface area contributed by atoms with E-state index < -0.39 is 20.0 Å². The summed E-state index contributed by atoms with van der Waals surface area (Å²) in [7, 11) is -2.59. The highest BCUT2D eigenvalue weighted by Gasteiger charge is 2.54. The van der Waals surface area contributed by atoms with Crippen LogP contribution in [0.4, 0.5) is 0 Å². The summed E-state index contributed by atoms with van der Waals surface area (Å²) in [6.07, 6.45) is 0.240. The Morgan fingerprint density at radius 2 is 1.58 bits per heavy atom. The number of ether oxygens (including phenoxy) is 2. The minimum atomic E-state index is -2.59. The van der Waals surface area contributed by atoms with Crippen LogP contribution in [-0.4, -0.2) is 51.6 Å². The molecule has 0 aliphatic carbocycles. The lowest BCUT2D eigenvalue weighted by Crippen LogP contribution is -2.67. The second-order valence-electron chi connectivity index (χ2n) is 10.2. The SMILES string of the molecule is CC(C)(C)[Si](OCC1COC[C@H]1[C@]1(C)OCC[C@H]1O)(c1ccccc1)c1ccccc1. The zero-order valence-corrected chi connectivity index (χ0v) is 20.2. The molecule has 4 rings (SSSR count). The average molecular weight is 441 g/mol. The Kier molecular flexibility index (Phi) is 6.43. The molecule has 2 aliphatic heterocycles. The minimum absolute atomic E-state index is 0.0576. The lowest BCUT2D eigenvalue weighted by atomic mass is 9.78. The van der Waals surface area contributed by atoms with Gasteiger partial charge in [0.05, 0.1) is 31.5 Å². The predicted octanol–water partition coefficient (Wildman–Crippen LogP) is 3.37. The van der Waals surface area contributed by atoms with Crippen molar-refractivity contribution in [3.63, 3.8) is 0 Å². The summed E-state index contributed by atoms with van der Waals surface area (Å²) in [4.78, 5) is 0.